The zero-order valence-corrected chi connectivity index (χ0v) is 12.9. The van der Waals surface area contributed by atoms with Crippen molar-refractivity contribution in [3.63, 3.8) is 0 Å². The van der Waals surface area contributed by atoms with Gasteiger partial charge in [-0.15, -0.1) is 11.3 Å². The van der Waals surface area contributed by atoms with Crippen LogP contribution in [0, 0.1) is 0 Å². The van der Waals surface area contributed by atoms with E-state index >= 15 is 0 Å². The molecule has 4 nitrogen and oxygen atoms in total. The number of piperidine rings is 1. The van der Waals surface area contributed by atoms with Gasteiger partial charge < -0.3 is 4.90 Å². The van der Waals surface area contributed by atoms with Crippen molar-refractivity contribution in [1.82, 2.24) is 14.8 Å². The maximum absolute atomic E-state index is 12.5. The van der Waals surface area contributed by atoms with E-state index in [1.807, 2.05) is 5.38 Å². The predicted molar refractivity (Wildman–Crippen MR) is 76.5 cm³/mol. The molecule has 0 saturated carbocycles. The molecule has 122 valence electrons. The Kier molecular flexibility index (Phi) is 4.40. The van der Waals surface area contributed by atoms with Crippen LogP contribution in [0.5, 0.6) is 0 Å². The summed E-state index contributed by atoms with van der Waals surface area (Å²) in [6, 6.07) is -0.370. The highest BCUT2D eigenvalue weighted by Crippen LogP contribution is 2.36. The largest absolute Gasteiger partial charge is 0.406 e. The molecule has 0 aromatic carbocycles. The monoisotopic (exact) mass is 333 g/mol. The molecule has 3 rings (SSSR count). The number of halogens is 3. The van der Waals surface area contributed by atoms with Crippen molar-refractivity contribution in [2.45, 2.75) is 43.9 Å². The topological polar surface area (TPSA) is 36.4 Å². The van der Waals surface area contributed by atoms with Crippen LogP contribution in [-0.2, 0) is 4.79 Å². The van der Waals surface area contributed by atoms with Gasteiger partial charge in [-0.25, -0.2) is 4.98 Å². The van der Waals surface area contributed by atoms with Crippen molar-refractivity contribution in [1.29, 1.82) is 0 Å². The number of likely N-dealkylation sites (tertiary alicyclic amines) is 2. The minimum absolute atomic E-state index is 0.0635. The van der Waals surface area contributed by atoms with Crippen molar-refractivity contribution >= 4 is 17.2 Å². The molecule has 2 aliphatic heterocycles. The highest BCUT2D eigenvalue weighted by Gasteiger charge is 2.44. The lowest BCUT2D eigenvalue weighted by atomic mass is 9.99. The van der Waals surface area contributed by atoms with Gasteiger partial charge in [0.2, 0.25) is 5.91 Å². The highest BCUT2D eigenvalue weighted by atomic mass is 32.1. The van der Waals surface area contributed by atoms with Crippen LogP contribution in [0.15, 0.2) is 11.6 Å². The molecule has 2 fully saturated rings. The van der Waals surface area contributed by atoms with E-state index in [0.29, 0.717) is 6.42 Å². The summed E-state index contributed by atoms with van der Waals surface area (Å²) in [6.45, 7) is -0.206. The molecule has 1 aromatic rings. The predicted octanol–water partition coefficient (Wildman–Crippen LogP) is 2.83. The van der Waals surface area contributed by atoms with E-state index in [1.54, 1.807) is 17.5 Å². The second kappa shape index (κ2) is 6.16. The minimum atomic E-state index is -4.33. The van der Waals surface area contributed by atoms with Crippen molar-refractivity contribution in [2.75, 3.05) is 19.6 Å². The first-order valence-electron chi connectivity index (χ1n) is 7.46. The first-order chi connectivity index (χ1) is 10.5. The van der Waals surface area contributed by atoms with Gasteiger partial charge in [-0.05, 0) is 25.8 Å². The number of carbonyl (C=O) groups is 1. The van der Waals surface area contributed by atoms with Gasteiger partial charge in [0, 0.05) is 18.1 Å². The number of hydrogen-bond acceptors (Lipinski definition) is 4. The average Bonchev–Trinajstić information content (AvgIpc) is 3.09. The van der Waals surface area contributed by atoms with Crippen LogP contribution in [0.2, 0.25) is 0 Å². The maximum Gasteiger partial charge on any atom is 0.406 e. The molecule has 0 N–H and O–H groups in total. The summed E-state index contributed by atoms with van der Waals surface area (Å²) < 4.78 is 37.6. The molecular weight excluding hydrogens is 315 g/mol. The summed E-state index contributed by atoms with van der Waals surface area (Å²) in [6.07, 6.45) is 0.826. The zero-order chi connectivity index (χ0) is 15.7. The molecule has 0 unspecified atom stereocenters. The molecule has 2 aliphatic rings. The van der Waals surface area contributed by atoms with Gasteiger partial charge in [0.05, 0.1) is 12.1 Å². The summed E-state index contributed by atoms with van der Waals surface area (Å²) in [5.74, 6) is -0.388. The number of aromatic nitrogens is 1. The molecule has 0 aliphatic carbocycles. The Hall–Kier alpha value is -1.15. The van der Waals surface area contributed by atoms with Crippen molar-refractivity contribution < 1.29 is 18.0 Å². The Balaban J connectivity index is 1.73. The first-order valence-corrected chi connectivity index (χ1v) is 8.34. The summed E-state index contributed by atoms with van der Waals surface area (Å²) in [5.41, 5.74) is 0. The Morgan fingerprint density at radius 1 is 1.23 bits per heavy atom. The Labute approximate surface area is 130 Å². The number of rotatable bonds is 3. The normalized spacial score (nSPS) is 27.6. The van der Waals surface area contributed by atoms with Crippen LogP contribution < -0.4 is 0 Å². The Morgan fingerprint density at radius 3 is 2.73 bits per heavy atom. The van der Waals surface area contributed by atoms with E-state index in [2.05, 4.69) is 9.88 Å². The van der Waals surface area contributed by atoms with Gasteiger partial charge in [-0.1, -0.05) is 6.42 Å². The lowest BCUT2D eigenvalue weighted by molar-refractivity contribution is -0.159. The first kappa shape index (κ1) is 15.7. The van der Waals surface area contributed by atoms with E-state index in [4.69, 9.17) is 0 Å². The fourth-order valence-corrected chi connectivity index (χ4v) is 4.19. The second-order valence-corrected chi connectivity index (χ2v) is 6.73. The van der Waals surface area contributed by atoms with Gasteiger partial charge in [0.25, 0.3) is 0 Å². The SMILES string of the molecule is O=C1[C@H](N2CCCC[C@H]2c2nccs2)CCN1CC(F)(F)F. The number of alkyl halides is 3. The molecule has 0 spiro atoms. The fourth-order valence-electron chi connectivity index (χ4n) is 3.39. The fraction of sp³-hybridized carbons (Fsp3) is 0.714. The summed E-state index contributed by atoms with van der Waals surface area (Å²) in [5, 5.41) is 2.86. The molecular formula is C14H18F3N3OS. The van der Waals surface area contributed by atoms with Gasteiger partial charge in [0.1, 0.15) is 11.6 Å². The Morgan fingerprint density at radius 2 is 2.05 bits per heavy atom. The van der Waals surface area contributed by atoms with Crippen LogP contribution in [0.25, 0.3) is 0 Å². The lowest BCUT2D eigenvalue weighted by Gasteiger charge is -2.37. The quantitative estimate of drug-likeness (QED) is 0.853. The molecule has 8 heteroatoms. The van der Waals surface area contributed by atoms with E-state index in [1.165, 1.54) is 0 Å². The second-order valence-electron chi connectivity index (χ2n) is 5.80. The molecule has 22 heavy (non-hydrogen) atoms. The van der Waals surface area contributed by atoms with Gasteiger partial charge in [-0.2, -0.15) is 13.2 Å². The number of carbonyl (C=O) groups excluding carboxylic acids is 1. The number of nitrogens with zero attached hydrogens (tertiary/aromatic N) is 3. The van der Waals surface area contributed by atoms with E-state index in [9.17, 15) is 18.0 Å². The number of thiazole rings is 1. The molecule has 1 amide bonds. The minimum Gasteiger partial charge on any atom is -0.332 e. The standard InChI is InChI=1S/C14H18F3N3OS/c15-14(16,17)9-19-7-4-11(13(19)21)20-6-2-1-3-10(20)12-18-5-8-22-12/h5,8,10-11H,1-4,6-7,9H2/t10-,11+/m0/s1. The zero-order valence-electron chi connectivity index (χ0n) is 12.1. The van der Waals surface area contributed by atoms with Crippen molar-refractivity contribution in [3.05, 3.63) is 16.6 Å². The van der Waals surface area contributed by atoms with Crippen molar-refractivity contribution in [3.8, 4) is 0 Å². The third-order valence-corrected chi connectivity index (χ3v) is 5.20. The summed E-state index contributed by atoms with van der Waals surface area (Å²) in [4.78, 5) is 19.7. The van der Waals surface area contributed by atoms with Gasteiger partial charge in [0.15, 0.2) is 0 Å². The molecule has 1 aromatic heterocycles. The molecule has 3 heterocycles. The lowest BCUT2D eigenvalue weighted by Crippen LogP contribution is -2.47. The van der Waals surface area contributed by atoms with Crippen LogP contribution in [-0.4, -0.2) is 52.5 Å². The van der Waals surface area contributed by atoms with Crippen molar-refractivity contribution in [2.24, 2.45) is 0 Å². The van der Waals surface area contributed by atoms with E-state index < -0.39 is 18.8 Å². The number of amides is 1. The summed E-state index contributed by atoms with van der Waals surface area (Å²) in [7, 11) is 0. The average molecular weight is 333 g/mol. The van der Waals surface area contributed by atoms with Crippen LogP contribution in [0.3, 0.4) is 0 Å². The van der Waals surface area contributed by atoms with Gasteiger partial charge in [-0.3, -0.25) is 9.69 Å². The molecule has 2 saturated heterocycles. The van der Waals surface area contributed by atoms with Crippen LogP contribution >= 0.6 is 11.3 Å². The molecule has 2 atom stereocenters. The summed E-state index contributed by atoms with van der Waals surface area (Å²) >= 11 is 1.55. The third-order valence-electron chi connectivity index (χ3n) is 4.32. The third kappa shape index (κ3) is 3.27. The maximum atomic E-state index is 12.5. The molecule has 0 bridgehead atoms. The van der Waals surface area contributed by atoms with Crippen LogP contribution in [0.1, 0.15) is 36.7 Å². The highest BCUT2D eigenvalue weighted by molar-refractivity contribution is 7.09. The van der Waals surface area contributed by atoms with E-state index in [0.717, 1.165) is 35.7 Å². The van der Waals surface area contributed by atoms with E-state index in [-0.39, 0.29) is 18.5 Å². The van der Waals surface area contributed by atoms with Gasteiger partial charge >= 0.3 is 6.18 Å². The van der Waals surface area contributed by atoms with Crippen LogP contribution in [0.4, 0.5) is 13.2 Å². The Bertz CT molecular complexity index is 520. The molecule has 0 radical (unpaired) electrons. The number of hydrogen-bond donors (Lipinski definition) is 0. The smallest absolute Gasteiger partial charge is 0.332 e.